The number of ether oxygens (including phenoxy) is 1. The van der Waals surface area contributed by atoms with Gasteiger partial charge in [-0.05, 0) is 31.5 Å². The smallest absolute Gasteiger partial charge is 0.194 e. The molecule has 0 aliphatic carbocycles. The average molecular weight is 263 g/mol. The van der Waals surface area contributed by atoms with Crippen molar-refractivity contribution >= 4 is 0 Å². The molecule has 0 bridgehead atoms. The summed E-state index contributed by atoms with van der Waals surface area (Å²) in [5.74, 6) is -4.12. The summed E-state index contributed by atoms with van der Waals surface area (Å²) in [7, 11) is 0. The monoisotopic (exact) mass is 263 g/mol. The van der Waals surface area contributed by atoms with Crippen LogP contribution in [0.4, 0.5) is 13.2 Å². The Morgan fingerprint density at radius 2 is 1.72 bits per heavy atom. The van der Waals surface area contributed by atoms with Gasteiger partial charge in [0.1, 0.15) is 0 Å². The first-order valence-electron chi connectivity index (χ1n) is 5.54. The van der Waals surface area contributed by atoms with E-state index in [0.717, 1.165) is 12.1 Å². The Bertz CT molecular complexity index is 389. The van der Waals surface area contributed by atoms with Gasteiger partial charge >= 0.3 is 0 Å². The maximum absolute atomic E-state index is 13.1. The van der Waals surface area contributed by atoms with Crippen LogP contribution in [0.15, 0.2) is 12.1 Å². The number of rotatable bonds is 5. The highest BCUT2D eigenvalue weighted by Crippen LogP contribution is 2.23. The van der Waals surface area contributed by atoms with Crippen LogP contribution in [0.2, 0.25) is 0 Å². The van der Waals surface area contributed by atoms with Crippen LogP contribution < -0.4 is 5.73 Å². The zero-order chi connectivity index (χ0) is 13.9. The van der Waals surface area contributed by atoms with Crippen LogP contribution in [-0.2, 0) is 4.74 Å². The van der Waals surface area contributed by atoms with Crippen molar-refractivity contribution in [3.05, 3.63) is 35.1 Å². The van der Waals surface area contributed by atoms with Crippen molar-refractivity contribution in [1.29, 1.82) is 0 Å². The van der Waals surface area contributed by atoms with E-state index in [9.17, 15) is 18.3 Å². The van der Waals surface area contributed by atoms with E-state index in [2.05, 4.69) is 0 Å². The average Bonchev–Trinajstić information content (AvgIpc) is 2.31. The first-order valence-corrected chi connectivity index (χ1v) is 5.54. The van der Waals surface area contributed by atoms with Gasteiger partial charge in [0, 0.05) is 6.54 Å². The lowest BCUT2D eigenvalue weighted by atomic mass is 10.1. The van der Waals surface area contributed by atoms with E-state index in [1.165, 1.54) is 6.92 Å². The lowest BCUT2D eigenvalue weighted by Crippen LogP contribution is -2.28. The molecule has 0 aromatic heterocycles. The molecule has 1 rings (SSSR count). The quantitative estimate of drug-likeness (QED) is 0.798. The van der Waals surface area contributed by atoms with Gasteiger partial charge in [-0.15, -0.1) is 0 Å². The summed E-state index contributed by atoms with van der Waals surface area (Å²) in [4.78, 5) is 0. The molecular formula is C12H16F3NO2. The first-order chi connectivity index (χ1) is 8.36. The van der Waals surface area contributed by atoms with Gasteiger partial charge in [-0.25, -0.2) is 13.2 Å². The SMILES string of the molecule is CC(O)C(C)OC(CN)c1cc(F)c(F)c(F)c1. The molecule has 0 radical (unpaired) electrons. The fourth-order valence-corrected chi connectivity index (χ4v) is 1.40. The number of hydrogen-bond acceptors (Lipinski definition) is 3. The largest absolute Gasteiger partial charge is 0.391 e. The highest BCUT2D eigenvalue weighted by molar-refractivity contribution is 5.22. The third kappa shape index (κ3) is 3.44. The molecular weight excluding hydrogens is 247 g/mol. The molecule has 102 valence electrons. The minimum atomic E-state index is -1.53. The van der Waals surface area contributed by atoms with E-state index in [0.29, 0.717) is 0 Å². The number of aliphatic hydroxyl groups is 1. The van der Waals surface area contributed by atoms with Crippen LogP contribution in [0.3, 0.4) is 0 Å². The lowest BCUT2D eigenvalue weighted by molar-refractivity contribution is -0.0593. The van der Waals surface area contributed by atoms with Gasteiger partial charge < -0.3 is 15.6 Å². The molecule has 0 saturated carbocycles. The molecule has 6 heteroatoms. The maximum atomic E-state index is 13.1. The second-order valence-electron chi connectivity index (χ2n) is 4.10. The van der Waals surface area contributed by atoms with E-state index in [1.807, 2.05) is 0 Å². The van der Waals surface area contributed by atoms with Crippen molar-refractivity contribution in [2.45, 2.75) is 32.2 Å². The Morgan fingerprint density at radius 3 is 2.11 bits per heavy atom. The van der Waals surface area contributed by atoms with Crippen LogP contribution >= 0.6 is 0 Å². The fourth-order valence-electron chi connectivity index (χ4n) is 1.40. The Labute approximate surface area is 103 Å². The van der Waals surface area contributed by atoms with E-state index in [4.69, 9.17) is 10.5 Å². The van der Waals surface area contributed by atoms with Crippen molar-refractivity contribution in [1.82, 2.24) is 0 Å². The molecule has 3 N–H and O–H groups in total. The molecule has 0 fully saturated rings. The Kier molecular flexibility index (Phi) is 5.13. The summed E-state index contributed by atoms with van der Waals surface area (Å²) in [6.45, 7) is 3.08. The molecule has 0 spiro atoms. The minimum absolute atomic E-state index is 0.0401. The van der Waals surface area contributed by atoms with Crippen LogP contribution in [0.25, 0.3) is 0 Å². The molecule has 3 nitrogen and oxygen atoms in total. The van der Waals surface area contributed by atoms with Crippen LogP contribution in [0, 0.1) is 17.5 Å². The molecule has 0 heterocycles. The predicted molar refractivity (Wildman–Crippen MR) is 60.3 cm³/mol. The Morgan fingerprint density at radius 1 is 1.22 bits per heavy atom. The van der Waals surface area contributed by atoms with E-state index >= 15 is 0 Å². The van der Waals surface area contributed by atoms with Crippen molar-refractivity contribution in [3.63, 3.8) is 0 Å². The lowest BCUT2D eigenvalue weighted by Gasteiger charge is -2.23. The Hall–Kier alpha value is -1.11. The highest BCUT2D eigenvalue weighted by Gasteiger charge is 2.20. The van der Waals surface area contributed by atoms with E-state index in [-0.39, 0.29) is 12.1 Å². The van der Waals surface area contributed by atoms with Crippen molar-refractivity contribution < 1.29 is 23.0 Å². The molecule has 0 amide bonds. The number of nitrogens with two attached hydrogens (primary N) is 1. The van der Waals surface area contributed by atoms with Crippen molar-refractivity contribution in [2.24, 2.45) is 5.73 Å². The first kappa shape index (κ1) is 14.9. The van der Waals surface area contributed by atoms with Crippen molar-refractivity contribution in [2.75, 3.05) is 6.54 Å². The summed E-state index contributed by atoms with van der Waals surface area (Å²) in [6.07, 6.45) is -2.12. The fraction of sp³-hybridized carbons (Fsp3) is 0.500. The maximum Gasteiger partial charge on any atom is 0.194 e. The van der Waals surface area contributed by atoms with Gasteiger partial charge in [0.05, 0.1) is 18.3 Å². The summed E-state index contributed by atoms with van der Waals surface area (Å²) in [6, 6.07) is 1.68. The number of benzene rings is 1. The normalized spacial score (nSPS) is 16.4. The second-order valence-corrected chi connectivity index (χ2v) is 4.10. The topological polar surface area (TPSA) is 55.5 Å². The third-order valence-corrected chi connectivity index (χ3v) is 2.65. The van der Waals surface area contributed by atoms with Gasteiger partial charge in [-0.2, -0.15) is 0 Å². The van der Waals surface area contributed by atoms with Crippen molar-refractivity contribution in [3.8, 4) is 0 Å². The molecule has 3 atom stereocenters. The minimum Gasteiger partial charge on any atom is -0.391 e. The standard InChI is InChI=1S/C12H16F3NO2/c1-6(17)7(2)18-11(5-16)8-3-9(13)12(15)10(14)4-8/h3-4,6-7,11,17H,5,16H2,1-2H3. The third-order valence-electron chi connectivity index (χ3n) is 2.65. The molecule has 0 saturated heterocycles. The second kappa shape index (κ2) is 6.17. The molecule has 0 aliphatic heterocycles. The summed E-state index contributed by atoms with van der Waals surface area (Å²) < 4.78 is 44.3. The summed E-state index contributed by atoms with van der Waals surface area (Å²) >= 11 is 0. The molecule has 0 aliphatic rings. The van der Waals surface area contributed by atoms with Crippen LogP contribution in [0.5, 0.6) is 0 Å². The zero-order valence-corrected chi connectivity index (χ0v) is 10.2. The van der Waals surface area contributed by atoms with Gasteiger partial charge in [0.25, 0.3) is 0 Å². The highest BCUT2D eigenvalue weighted by atomic mass is 19.2. The van der Waals surface area contributed by atoms with E-state index in [1.54, 1.807) is 6.92 Å². The predicted octanol–water partition coefficient (Wildman–Crippen LogP) is 1.89. The Balaban J connectivity index is 2.95. The zero-order valence-electron chi connectivity index (χ0n) is 10.2. The number of halogens is 3. The summed E-state index contributed by atoms with van der Waals surface area (Å²) in [5.41, 5.74) is 5.54. The van der Waals surface area contributed by atoms with Gasteiger partial charge in [-0.1, -0.05) is 0 Å². The molecule has 1 aromatic rings. The molecule has 3 unspecified atom stereocenters. The summed E-state index contributed by atoms with van der Waals surface area (Å²) in [5, 5.41) is 9.29. The number of aliphatic hydroxyl groups excluding tert-OH is 1. The van der Waals surface area contributed by atoms with Gasteiger partial charge in [0.15, 0.2) is 17.5 Å². The van der Waals surface area contributed by atoms with Crippen LogP contribution in [-0.4, -0.2) is 23.9 Å². The molecule has 1 aromatic carbocycles. The van der Waals surface area contributed by atoms with Gasteiger partial charge in [-0.3, -0.25) is 0 Å². The number of hydrogen-bond donors (Lipinski definition) is 2. The molecule has 18 heavy (non-hydrogen) atoms. The van der Waals surface area contributed by atoms with Crippen LogP contribution in [0.1, 0.15) is 25.5 Å². The van der Waals surface area contributed by atoms with E-state index < -0.39 is 35.8 Å². The van der Waals surface area contributed by atoms with Gasteiger partial charge in [0.2, 0.25) is 0 Å².